The molecule has 0 spiro atoms. The van der Waals surface area contributed by atoms with Crippen LogP contribution in [0.3, 0.4) is 0 Å². The lowest BCUT2D eigenvalue weighted by Gasteiger charge is -2.24. The highest BCUT2D eigenvalue weighted by Crippen LogP contribution is 2.36. The highest BCUT2D eigenvalue weighted by Gasteiger charge is 2.29. The number of hydrogen-bond acceptors (Lipinski definition) is 3. The van der Waals surface area contributed by atoms with Crippen LogP contribution < -0.4 is 15.4 Å². The summed E-state index contributed by atoms with van der Waals surface area (Å²) in [4.78, 5) is 4.29. The molecule has 2 rings (SSSR count). The molecule has 1 aromatic rings. The normalized spacial score (nSPS) is 22.1. The third-order valence-electron chi connectivity index (χ3n) is 3.77. The van der Waals surface area contributed by atoms with Gasteiger partial charge in [0.1, 0.15) is 5.75 Å². The zero-order valence-electron chi connectivity index (χ0n) is 13.1. The maximum atomic E-state index is 5.16. The predicted molar refractivity (Wildman–Crippen MR) is 91.3 cm³/mol. The number of rotatable bonds is 5. The zero-order chi connectivity index (χ0) is 15.1. The topological polar surface area (TPSA) is 45.7 Å². The average molecular weight is 307 g/mol. The Kier molecular flexibility index (Phi) is 5.79. The average Bonchev–Trinajstić information content (AvgIpc) is 2.95. The summed E-state index contributed by atoms with van der Waals surface area (Å²) in [7, 11) is 3.49. The molecule has 1 saturated heterocycles. The quantitative estimate of drug-likeness (QED) is 0.648. The molecular weight excluding hydrogens is 282 g/mol. The number of benzene rings is 1. The van der Waals surface area contributed by atoms with Crippen LogP contribution in [0.1, 0.15) is 25.3 Å². The summed E-state index contributed by atoms with van der Waals surface area (Å²) in [6.07, 6.45) is 2.60. The van der Waals surface area contributed by atoms with Gasteiger partial charge < -0.3 is 15.4 Å². The molecule has 0 saturated carbocycles. The maximum Gasteiger partial charge on any atom is 0.191 e. The standard InChI is InChI=1S/C16H25N3OS/c1-16(9-4-10-21-16)12-19-15(17-2)18-11-13-5-7-14(20-3)8-6-13/h5-8H,4,9-12H2,1-3H3,(H2,17,18,19). The van der Waals surface area contributed by atoms with Crippen molar-refractivity contribution in [3.05, 3.63) is 29.8 Å². The van der Waals surface area contributed by atoms with Crippen LogP contribution in [-0.2, 0) is 6.54 Å². The van der Waals surface area contributed by atoms with Crippen LogP contribution in [0.2, 0.25) is 0 Å². The van der Waals surface area contributed by atoms with Gasteiger partial charge in [0.05, 0.1) is 7.11 Å². The first-order chi connectivity index (χ1) is 10.1. The van der Waals surface area contributed by atoms with Gasteiger partial charge in [-0.3, -0.25) is 4.99 Å². The van der Waals surface area contributed by atoms with E-state index < -0.39 is 0 Å². The summed E-state index contributed by atoms with van der Waals surface area (Å²) in [6, 6.07) is 8.08. The molecule has 0 bridgehead atoms. The molecule has 0 amide bonds. The Hall–Kier alpha value is -1.36. The van der Waals surface area contributed by atoms with Crippen LogP contribution in [0.5, 0.6) is 5.75 Å². The Labute approximate surface area is 131 Å². The van der Waals surface area contributed by atoms with Crippen molar-refractivity contribution < 1.29 is 4.74 Å². The number of ether oxygens (including phenoxy) is 1. The first-order valence-corrected chi connectivity index (χ1v) is 8.35. The van der Waals surface area contributed by atoms with Gasteiger partial charge >= 0.3 is 0 Å². The van der Waals surface area contributed by atoms with E-state index in [-0.39, 0.29) is 0 Å². The second kappa shape index (κ2) is 7.59. The minimum absolute atomic E-state index is 0.345. The van der Waals surface area contributed by atoms with Gasteiger partial charge in [0.15, 0.2) is 5.96 Å². The number of aliphatic imine (C=N–C) groups is 1. The molecule has 4 nitrogen and oxygen atoms in total. The lowest BCUT2D eigenvalue weighted by molar-refractivity contribution is 0.414. The van der Waals surface area contributed by atoms with Gasteiger partial charge in [-0.25, -0.2) is 0 Å². The maximum absolute atomic E-state index is 5.16. The van der Waals surface area contributed by atoms with Crippen molar-refractivity contribution in [3.8, 4) is 5.75 Å². The molecule has 116 valence electrons. The summed E-state index contributed by atoms with van der Waals surface area (Å²) in [6.45, 7) is 4.04. The second-order valence-electron chi connectivity index (χ2n) is 5.53. The van der Waals surface area contributed by atoms with Crippen molar-refractivity contribution in [1.82, 2.24) is 10.6 Å². The highest BCUT2D eigenvalue weighted by atomic mass is 32.2. The third-order valence-corrected chi connectivity index (χ3v) is 5.31. The lowest BCUT2D eigenvalue weighted by atomic mass is 10.1. The number of thioether (sulfide) groups is 1. The molecule has 1 heterocycles. The Morgan fingerprint density at radius 3 is 2.67 bits per heavy atom. The number of hydrogen-bond donors (Lipinski definition) is 2. The van der Waals surface area contributed by atoms with Crippen molar-refractivity contribution in [2.75, 3.05) is 26.5 Å². The summed E-state index contributed by atoms with van der Waals surface area (Å²) < 4.78 is 5.51. The molecule has 0 radical (unpaired) electrons. The fourth-order valence-corrected chi connectivity index (χ4v) is 3.64. The highest BCUT2D eigenvalue weighted by molar-refractivity contribution is 8.00. The molecule has 21 heavy (non-hydrogen) atoms. The van der Waals surface area contributed by atoms with E-state index in [2.05, 4.69) is 46.4 Å². The second-order valence-corrected chi connectivity index (χ2v) is 7.21. The first-order valence-electron chi connectivity index (χ1n) is 7.37. The summed E-state index contributed by atoms with van der Waals surface area (Å²) in [5.41, 5.74) is 1.21. The summed E-state index contributed by atoms with van der Waals surface area (Å²) >= 11 is 2.06. The van der Waals surface area contributed by atoms with Gasteiger partial charge in [0.25, 0.3) is 0 Å². The van der Waals surface area contributed by atoms with Gasteiger partial charge in [0, 0.05) is 24.9 Å². The van der Waals surface area contributed by atoms with Crippen molar-refractivity contribution in [1.29, 1.82) is 0 Å². The molecule has 2 N–H and O–H groups in total. The smallest absolute Gasteiger partial charge is 0.191 e. The third kappa shape index (κ3) is 4.84. The molecule has 1 aliphatic heterocycles. The van der Waals surface area contributed by atoms with Crippen LogP contribution in [0.25, 0.3) is 0 Å². The van der Waals surface area contributed by atoms with Gasteiger partial charge in [-0.15, -0.1) is 0 Å². The Morgan fingerprint density at radius 1 is 1.33 bits per heavy atom. The minimum atomic E-state index is 0.345. The Balaban J connectivity index is 1.79. The Bertz CT molecular complexity index is 467. The molecule has 0 aliphatic carbocycles. The van der Waals surface area contributed by atoms with E-state index in [1.165, 1.54) is 24.2 Å². The fourth-order valence-electron chi connectivity index (χ4n) is 2.40. The van der Waals surface area contributed by atoms with Gasteiger partial charge in [-0.2, -0.15) is 11.8 Å². The van der Waals surface area contributed by atoms with Gasteiger partial charge in [-0.1, -0.05) is 12.1 Å². The van der Waals surface area contributed by atoms with Crippen LogP contribution >= 0.6 is 11.8 Å². The number of nitrogens with one attached hydrogen (secondary N) is 2. The van der Waals surface area contributed by atoms with E-state index in [1.807, 2.05) is 19.2 Å². The van der Waals surface area contributed by atoms with Crippen LogP contribution in [-0.4, -0.2) is 37.2 Å². The Morgan fingerprint density at radius 2 is 2.10 bits per heavy atom. The largest absolute Gasteiger partial charge is 0.497 e. The minimum Gasteiger partial charge on any atom is -0.497 e. The number of guanidine groups is 1. The van der Waals surface area contributed by atoms with E-state index in [9.17, 15) is 0 Å². The first kappa shape index (κ1) is 16.0. The van der Waals surface area contributed by atoms with Crippen molar-refractivity contribution in [2.45, 2.75) is 31.1 Å². The molecule has 1 fully saturated rings. The van der Waals surface area contributed by atoms with E-state index in [1.54, 1.807) is 7.11 Å². The lowest BCUT2D eigenvalue weighted by Crippen LogP contribution is -2.43. The van der Waals surface area contributed by atoms with Crippen LogP contribution in [0.15, 0.2) is 29.3 Å². The van der Waals surface area contributed by atoms with Crippen molar-refractivity contribution >= 4 is 17.7 Å². The molecule has 5 heteroatoms. The molecule has 1 atom stereocenters. The summed E-state index contributed by atoms with van der Waals surface area (Å²) in [5.74, 6) is 3.02. The number of nitrogens with zero attached hydrogens (tertiary/aromatic N) is 1. The van der Waals surface area contributed by atoms with Crippen molar-refractivity contribution in [3.63, 3.8) is 0 Å². The monoisotopic (exact) mass is 307 g/mol. The molecule has 0 aromatic heterocycles. The SMILES string of the molecule is CN=C(NCc1ccc(OC)cc1)NCC1(C)CCCS1. The van der Waals surface area contributed by atoms with E-state index in [4.69, 9.17) is 4.74 Å². The summed E-state index contributed by atoms with van der Waals surface area (Å²) in [5, 5.41) is 6.79. The van der Waals surface area contributed by atoms with Crippen LogP contribution in [0, 0.1) is 0 Å². The van der Waals surface area contributed by atoms with E-state index >= 15 is 0 Å². The molecule has 1 aliphatic rings. The van der Waals surface area contributed by atoms with E-state index in [0.29, 0.717) is 4.75 Å². The fraction of sp³-hybridized carbons (Fsp3) is 0.562. The van der Waals surface area contributed by atoms with Crippen molar-refractivity contribution in [2.24, 2.45) is 4.99 Å². The van der Waals surface area contributed by atoms with Gasteiger partial charge in [0.2, 0.25) is 0 Å². The number of methoxy groups -OCH3 is 1. The molecule has 1 unspecified atom stereocenters. The van der Waals surface area contributed by atoms with Crippen LogP contribution in [0.4, 0.5) is 0 Å². The predicted octanol–water partition coefficient (Wildman–Crippen LogP) is 2.65. The zero-order valence-corrected chi connectivity index (χ0v) is 13.9. The molecular formula is C16H25N3OS. The van der Waals surface area contributed by atoms with Gasteiger partial charge in [-0.05, 0) is 43.2 Å². The van der Waals surface area contributed by atoms with E-state index in [0.717, 1.165) is 24.8 Å². The molecule has 1 aromatic carbocycles.